The zero-order valence-corrected chi connectivity index (χ0v) is 14.0. The van der Waals surface area contributed by atoms with Crippen molar-refractivity contribution in [2.45, 2.75) is 25.5 Å². The number of carbonyl (C=O) groups excluding carboxylic acids is 1. The van der Waals surface area contributed by atoms with Crippen LogP contribution in [-0.2, 0) is 16.1 Å². The van der Waals surface area contributed by atoms with E-state index in [1.165, 1.54) is 0 Å². The highest BCUT2D eigenvalue weighted by atomic mass is 16.5. The molecule has 25 heavy (non-hydrogen) atoms. The number of nitrogens with zero attached hydrogens (tertiary/aromatic N) is 2. The number of phenolic OH excluding ortho intramolecular Hbond substituents is 1. The van der Waals surface area contributed by atoms with Gasteiger partial charge in [0.15, 0.2) is 0 Å². The number of benzene rings is 1. The summed E-state index contributed by atoms with van der Waals surface area (Å²) >= 11 is 0. The molecule has 1 fully saturated rings. The van der Waals surface area contributed by atoms with Crippen LogP contribution in [0.25, 0.3) is 6.08 Å². The first-order valence-corrected chi connectivity index (χ1v) is 8.48. The third-order valence-corrected chi connectivity index (χ3v) is 4.24. The van der Waals surface area contributed by atoms with Crippen molar-refractivity contribution in [3.8, 4) is 5.75 Å². The maximum absolute atomic E-state index is 12.7. The highest BCUT2D eigenvalue weighted by Gasteiger charge is 2.22. The van der Waals surface area contributed by atoms with Gasteiger partial charge in [-0.15, -0.1) is 0 Å². The van der Waals surface area contributed by atoms with Crippen molar-refractivity contribution in [1.29, 1.82) is 0 Å². The van der Waals surface area contributed by atoms with E-state index in [2.05, 4.69) is 4.98 Å². The van der Waals surface area contributed by atoms with Gasteiger partial charge in [-0.1, -0.05) is 18.2 Å². The van der Waals surface area contributed by atoms with Crippen molar-refractivity contribution < 1.29 is 14.6 Å². The van der Waals surface area contributed by atoms with Gasteiger partial charge in [0.1, 0.15) is 5.75 Å². The summed E-state index contributed by atoms with van der Waals surface area (Å²) in [6.45, 7) is 1.62. The van der Waals surface area contributed by atoms with Crippen molar-refractivity contribution in [1.82, 2.24) is 9.88 Å². The highest BCUT2D eigenvalue weighted by Crippen LogP contribution is 2.20. The number of aromatic nitrogens is 1. The molecule has 1 aromatic heterocycles. The fourth-order valence-electron chi connectivity index (χ4n) is 2.86. The van der Waals surface area contributed by atoms with E-state index in [0.29, 0.717) is 13.1 Å². The zero-order chi connectivity index (χ0) is 17.5. The third-order valence-electron chi connectivity index (χ3n) is 4.24. The molecule has 5 heteroatoms. The summed E-state index contributed by atoms with van der Waals surface area (Å²) in [5, 5.41) is 10.0. The summed E-state index contributed by atoms with van der Waals surface area (Å²) in [6.07, 6.45) is 8.76. The fourth-order valence-corrected chi connectivity index (χ4v) is 2.86. The van der Waals surface area contributed by atoms with Gasteiger partial charge in [-0.05, 0) is 42.7 Å². The average Bonchev–Trinajstić information content (AvgIpc) is 3.15. The number of ether oxygens (including phenoxy) is 1. The molecule has 130 valence electrons. The first kappa shape index (κ1) is 17.2. The van der Waals surface area contributed by atoms with Gasteiger partial charge >= 0.3 is 0 Å². The Morgan fingerprint density at radius 3 is 2.80 bits per heavy atom. The molecular weight excluding hydrogens is 316 g/mol. The van der Waals surface area contributed by atoms with Crippen LogP contribution in [0.4, 0.5) is 0 Å². The molecule has 1 aliphatic rings. The van der Waals surface area contributed by atoms with Crippen LogP contribution >= 0.6 is 0 Å². The molecule has 0 saturated carbocycles. The van der Waals surface area contributed by atoms with Gasteiger partial charge in [0.2, 0.25) is 5.91 Å². The molecule has 0 spiro atoms. The molecule has 1 unspecified atom stereocenters. The van der Waals surface area contributed by atoms with Crippen LogP contribution in [0.15, 0.2) is 54.9 Å². The normalized spacial score (nSPS) is 17.0. The van der Waals surface area contributed by atoms with Crippen molar-refractivity contribution in [2.75, 3.05) is 13.2 Å². The summed E-state index contributed by atoms with van der Waals surface area (Å²) in [5.74, 6) is 0.0984. The first-order chi connectivity index (χ1) is 12.2. The van der Waals surface area contributed by atoms with Gasteiger partial charge in [-0.2, -0.15) is 0 Å². The largest absolute Gasteiger partial charge is 0.508 e. The van der Waals surface area contributed by atoms with E-state index in [0.717, 1.165) is 30.6 Å². The molecule has 0 aliphatic carbocycles. The molecule has 0 radical (unpaired) electrons. The van der Waals surface area contributed by atoms with Gasteiger partial charge in [-0.25, -0.2) is 0 Å². The lowest BCUT2D eigenvalue weighted by molar-refractivity contribution is -0.128. The lowest BCUT2D eigenvalue weighted by Gasteiger charge is -2.24. The minimum atomic E-state index is -0.101. The molecule has 2 heterocycles. The second-order valence-corrected chi connectivity index (χ2v) is 6.10. The van der Waals surface area contributed by atoms with Crippen molar-refractivity contribution >= 4 is 12.0 Å². The van der Waals surface area contributed by atoms with E-state index in [1.807, 2.05) is 24.3 Å². The maximum atomic E-state index is 12.7. The quantitative estimate of drug-likeness (QED) is 0.823. The second kappa shape index (κ2) is 8.44. The van der Waals surface area contributed by atoms with E-state index in [9.17, 15) is 9.90 Å². The Labute approximate surface area is 147 Å². The average molecular weight is 338 g/mol. The zero-order valence-electron chi connectivity index (χ0n) is 14.0. The molecule has 1 aromatic carbocycles. The Balaban J connectivity index is 1.73. The molecule has 3 rings (SSSR count). The number of aromatic hydroxyl groups is 1. The summed E-state index contributed by atoms with van der Waals surface area (Å²) in [6, 6.07) is 10.8. The van der Waals surface area contributed by atoms with Crippen LogP contribution in [0.1, 0.15) is 24.0 Å². The van der Waals surface area contributed by atoms with Crippen molar-refractivity contribution in [2.24, 2.45) is 0 Å². The molecule has 5 nitrogen and oxygen atoms in total. The lowest BCUT2D eigenvalue weighted by Crippen LogP contribution is -2.35. The van der Waals surface area contributed by atoms with E-state index in [-0.39, 0.29) is 17.8 Å². The highest BCUT2D eigenvalue weighted by molar-refractivity contribution is 5.91. The summed E-state index contributed by atoms with van der Waals surface area (Å²) in [4.78, 5) is 18.4. The van der Waals surface area contributed by atoms with Gasteiger partial charge < -0.3 is 14.7 Å². The predicted octanol–water partition coefficient (Wildman–Crippen LogP) is 3.01. The molecule has 0 bridgehead atoms. The number of para-hydroxylation sites is 1. The molecular formula is C20H22N2O3. The number of amides is 1. The first-order valence-electron chi connectivity index (χ1n) is 8.48. The van der Waals surface area contributed by atoms with Crippen LogP contribution in [0.3, 0.4) is 0 Å². The second-order valence-electron chi connectivity index (χ2n) is 6.10. The van der Waals surface area contributed by atoms with Gasteiger partial charge in [0.25, 0.3) is 0 Å². The summed E-state index contributed by atoms with van der Waals surface area (Å²) in [5.41, 5.74) is 1.65. The number of hydrogen-bond donors (Lipinski definition) is 1. The Bertz CT molecular complexity index is 725. The lowest BCUT2D eigenvalue weighted by atomic mass is 10.1. The van der Waals surface area contributed by atoms with E-state index in [4.69, 9.17) is 4.74 Å². The monoisotopic (exact) mass is 338 g/mol. The molecule has 1 saturated heterocycles. The molecule has 1 atom stereocenters. The standard InChI is InChI=1S/C20H22N2O3/c23-19-6-2-1-4-17(19)14-22(15-18-5-3-13-25-18)20(24)8-7-16-9-11-21-12-10-16/h1-2,4,6-12,18,23H,3,5,13-15H2. The van der Waals surface area contributed by atoms with E-state index >= 15 is 0 Å². The van der Waals surface area contributed by atoms with Gasteiger partial charge in [0.05, 0.1) is 6.10 Å². The fraction of sp³-hybridized carbons (Fsp3) is 0.300. The maximum Gasteiger partial charge on any atom is 0.246 e. The SMILES string of the molecule is O=C(C=Cc1ccncc1)N(Cc1ccccc1O)CC1CCCO1. The predicted molar refractivity (Wildman–Crippen MR) is 95.8 cm³/mol. The minimum Gasteiger partial charge on any atom is -0.508 e. The van der Waals surface area contributed by atoms with Crippen LogP contribution in [0.2, 0.25) is 0 Å². The number of pyridine rings is 1. The number of phenols is 1. The molecule has 1 aliphatic heterocycles. The Kier molecular flexibility index (Phi) is 5.80. The molecule has 2 aromatic rings. The molecule has 1 amide bonds. The van der Waals surface area contributed by atoms with Crippen LogP contribution < -0.4 is 0 Å². The Morgan fingerprint density at radius 2 is 2.08 bits per heavy atom. The number of carbonyl (C=O) groups is 1. The summed E-state index contributed by atoms with van der Waals surface area (Å²) in [7, 11) is 0. The smallest absolute Gasteiger partial charge is 0.246 e. The van der Waals surface area contributed by atoms with Crippen molar-refractivity contribution in [3.63, 3.8) is 0 Å². The van der Waals surface area contributed by atoms with E-state index < -0.39 is 0 Å². The van der Waals surface area contributed by atoms with Crippen LogP contribution in [0, 0.1) is 0 Å². The van der Waals surface area contributed by atoms with Crippen LogP contribution in [-0.4, -0.2) is 40.2 Å². The van der Waals surface area contributed by atoms with Crippen LogP contribution in [0.5, 0.6) is 5.75 Å². The van der Waals surface area contributed by atoms with Gasteiger partial charge in [-0.3, -0.25) is 9.78 Å². The Hall–Kier alpha value is -2.66. The van der Waals surface area contributed by atoms with Gasteiger partial charge in [0, 0.05) is 43.7 Å². The van der Waals surface area contributed by atoms with Crippen molar-refractivity contribution in [3.05, 3.63) is 66.0 Å². The molecule has 1 N–H and O–H groups in total. The Morgan fingerprint density at radius 1 is 1.28 bits per heavy atom. The van der Waals surface area contributed by atoms with E-state index in [1.54, 1.807) is 41.6 Å². The minimum absolute atomic E-state index is 0.0594. The third kappa shape index (κ3) is 4.90. The topological polar surface area (TPSA) is 62.7 Å². The number of hydrogen-bond acceptors (Lipinski definition) is 4. The number of rotatable bonds is 6. The summed E-state index contributed by atoms with van der Waals surface area (Å²) < 4.78 is 5.68.